The lowest BCUT2D eigenvalue weighted by atomic mass is 9.91. The van der Waals surface area contributed by atoms with E-state index in [1.54, 1.807) is 29.2 Å². The van der Waals surface area contributed by atoms with Crippen molar-refractivity contribution in [2.24, 2.45) is 0 Å². The number of carbonyl (C=O) groups is 2. The number of nitrogens with zero attached hydrogens (tertiary/aromatic N) is 1. The van der Waals surface area contributed by atoms with Crippen LogP contribution in [0.25, 0.3) is 5.76 Å². The summed E-state index contributed by atoms with van der Waals surface area (Å²) in [4.78, 5) is 28.0. The Morgan fingerprint density at radius 2 is 1.68 bits per heavy atom. The molecule has 1 saturated heterocycles. The van der Waals surface area contributed by atoms with Crippen molar-refractivity contribution in [2.45, 2.75) is 51.1 Å². The summed E-state index contributed by atoms with van der Waals surface area (Å²) in [7, 11) is 0. The Bertz CT molecular complexity index is 991. The molecule has 6 heteroatoms. The second-order valence-corrected chi connectivity index (χ2v) is 8.92. The minimum Gasteiger partial charge on any atom is -0.507 e. The number of halogens is 1. The number of hydrogen-bond acceptors (Lipinski definition) is 4. The third kappa shape index (κ3) is 4.26. The fourth-order valence-corrected chi connectivity index (χ4v) is 4.85. The summed E-state index contributed by atoms with van der Waals surface area (Å²) in [5.41, 5.74) is 1.47. The number of Topliss-reactive ketones (excluding diaryl/α,β-unsaturated/α-hetero) is 1. The van der Waals surface area contributed by atoms with E-state index >= 15 is 0 Å². The van der Waals surface area contributed by atoms with E-state index in [1.165, 1.54) is 0 Å². The van der Waals surface area contributed by atoms with E-state index in [0.717, 1.165) is 47.9 Å². The molecule has 5 nitrogen and oxygen atoms in total. The largest absolute Gasteiger partial charge is 0.507 e. The number of aliphatic hydroxyl groups is 1. The second-order valence-electron chi connectivity index (χ2n) is 8.01. The van der Waals surface area contributed by atoms with Crippen LogP contribution >= 0.6 is 15.9 Å². The summed E-state index contributed by atoms with van der Waals surface area (Å²) < 4.78 is 6.42. The van der Waals surface area contributed by atoms with Crippen LogP contribution in [0.2, 0.25) is 0 Å². The average molecular weight is 484 g/mol. The van der Waals surface area contributed by atoms with Gasteiger partial charge in [0.2, 0.25) is 0 Å². The molecular formula is C25H26BrNO4. The first-order valence-corrected chi connectivity index (χ1v) is 11.6. The quantitative estimate of drug-likeness (QED) is 0.341. The monoisotopic (exact) mass is 483 g/mol. The normalized spacial score (nSPS) is 21.5. The van der Waals surface area contributed by atoms with Crippen molar-refractivity contribution in [3.63, 3.8) is 0 Å². The number of ether oxygens (including phenoxy) is 1. The van der Waals surface area contributed by atoms with Crippen LogP contribution in [0.15, 0.2) is 58.6 Å². The predicted octanol–water partition coefficient (Wildman–Crippen LogP) is 5.60. The molecule has 1 N–H and O–H groups in total. The highest BCUT2D eigenvalue weighted by molar-refractivity contribution is 9.10. The number of hydrogen-bond donors (Lipinski definition) is 1. The van der Waals surface area contributed by atoms with Crippen molar-refractivity contribution in [3.8, 4) is 5.75 Å². The van der Waals surface area contributed by atoms with Gasteiger partial charge in [0.25, 0.3) is 11.7 Å². The third-order valence-electron chi connectivity index (χ3n) is 6.07. The van der Waals surface area contributed by atoms with E-state index < -0.39 is 17.7 Å². The summed E-state index contributed by atoms with van der Waals surface area (Å²) in [6.45, 7) is 2.48. The van der Waals surface area contributed by atoms with Gasteiger partial charge in [-0.25, -0.2) is 0 Å². The fraction of sp³-hybridized carbons (Fsp3) is 0.360. The van der Waals surface area contributed by atoms with E-state index in [0.29, 0.717) is 12.2 Å². The Hall–Kier alpha value is -2.60. The molecule has 1 heterocycles. The lowest BCUT2D eigenvalue weighted by molar-refractivity contribution is -0.141. The van der Waals surface area contributed by atoms with Gasteiger partial charge in [-0.1, -0.05) is 59.5 Å². The van der Waals surface area contributed by atoms with Crippen molar-refractivity contribution in [1.82, 2.24) is 4.90 Å². The Kier molecular flexibility index (Phi) is 6.46. The molecule has 1 unspecified atom stereocenters. The highest BCUT2D eigenvalue weighted by Crippen LogP contribution is 2.43. The predicted molar refractivity (Wildman–Crippen MR) is 123 cm³/mol. The maximum Gasteiger partial charge on any atom is 0.295 e. The van der Waals surface area contributed by atoms with E-state index in [9.17, 15) is 14.7 Å². The van der Waals surface area contributed by atoms with Crippen LogP contribution in [0.3, 0.4) is 0 Å². The SMILES string of the molecule is CCOc1ccc(C2/C(=C(/O)c3ccc(Br)cc3)C(=O)C(=O)N2C2CCCCC2)cc1. The van der Waals surface area contributed by atoms with Gasteiger partial charge in [0, 0.05) is 16.1 Å². The lowest BCUT2D eigenvalue weighted by Gasteiger charge is -2.35. The number of benzene rings is 2. The van der Waals surface area contributed by atoms with E-state index in [-0.39, 0.29) is 17.4 Å². The van der Waals surface area contributed by atoms with Crippen molar-refractivity contribution in [2.75, 3.05) is 6.61 Å². The molecule has 2 aliphatic rings. The molecule has 0 spiro atoms. The molecule has 0 aromatic heterocycles. The van der Waals surface area contributed by atoms with Gasteiger partial charge in [0.1, 0.15) is 11.5 Å². The van der Waals surface area contributed by atoms with Crippen molar-refractivity contribution in [3.05, 3.63) is 69.7 Å². The zero-order valence-corrected chi connectivity index (χ0v) is 19.1. The van der Waals surface area contributed by atoms with Gasteiger partial charge >= 0.3 is 0 Å². The third-order valence-corrected chi connectivity index (χ3v) is 6.60. The number of ketones is 1. The lowest BCUT2D eigenvalue weighted by Crippen LogP contribution is -2.40. The van der Waals surface area contributed by atoms with Crippen LogP contribution in [0.1, 0.15) is 56.2 Å². The van der Waals surface area contributed by atoms with E-state index in [4.69, 9.17) is 4.74 Å². The molecule has 2 aromatic rings. The first-order chi connectivity index (χ1) is 15.0. The maximum absolute atomic E-state index is 13.2. The molecule has 1 atom stereocenters. The molecule has 162 valence electrons. The molecule has 1 aliphatic heterocycles. The minimum absolute atomic E-state index is 0.00279. The Morgan fingerprint density at radius 3 is 2.29 bits per heavy atom. The molecule has 0 bridgehead atoms. The zero-order chi connectivity index (χ0) is 22.0. The van der Waals surface area contributed by atoms with Crippen LogP contribution in [0, 0.1) is 0 Å². The van der Waals surface area contributed by atoms with Crippen LogP contribution in [-0.2, 0) is 9.59 Å². The summed E-state index contributed by atoms with van der Waals surface area (Å²) in [5.74, 6) is -0.550. The van der Waals surface area contributed by atoms with Crippen LogP contribution in [0.5, 0.6) is 5.75 Å². The summed E-state index contributed by atoms with van der Waals surface area (Å²) in [5, 5.41) is 11.1. The van der Waals surface area contributed by atoms with E-state index in [2.05, 4.69) is 15.9 Å². The second kappa shape index (κ2) is 9.27. The molecule has 1 amide bonds. The minimum atomic E-state index is -0.620. The van der Waals surface area contributed by atoms with Gasteiger partial charge < -0.3 is 14.7 Å². The molecule has 2 aromatic carbocycles. The van der Waals surface area contributed by atoms with Gasteiger partial charge in [-0.3, -0.25) is 9.59 Å². The Morgan fingerprint density at radius 1 is 1.03 bits per heavy atom. The topological polar surface area (TPSA) is 66.8 Å². The van der Waals surface area contributed by atoms with Gasteiger partial charge in [-0.15, -0.1) is 0 Å². The molecule has 1 saturated carbocycles. The Labute approximate surface area is 190 Å². The van der Waals surface area contributed by atoms with Crippen LogP contribution in [-0.4, -0.2) is 34.3 Å². The maximum atomic E-state index is 13.2. The first kappa shape index (κ1) is 21.6. The molecular weight excluding hydrogens is 458 g/mol. The number of rotatable bonds is 5. The van der Waals surface area contributed by atoms with Crippen LogP contribution in [0.4, 0.5) is 0 Å². The van der Waals surface area contributed by atoms with Gasteiger partial charge in [0.05, 0.1) is 18.2 Å². The van der Waals surface area contributed by atoms with Crippen molar-refractivity contribution >= 4 is 33.4 Å². The van der Waals surface area contributed by atoms with Crippen molar-refractivity contribution < 1.29 is 19.4 Å². The molecule has 4 rings (SSSR count). The highest BCUT2D eigenvalue weighted by atomic mass is 79.9. The number of aliphatic hydroxyl groups excluding tert-OH is 1. The molecule has 31 heavy (non-hydrogen) atoms. The average Bonchev–Trinajstić information content (AvgIpc) is 3.06. The summed E-state index contributed by atoms with van der Waals surface area (Å²) in [6, 6.07) is 13.9. The molecule has 0 radical (unpaired) electrons. The van der Waals surface area contributed by atoms with Crippen molar-refractivity contribution in [1.29, 1.82) is 0 Å². The molecule has 1 aliphatic carbocycles. The number of likely N-dealkylation sites (tertiary alicyclic amines) is 1. The Balaban J connectivity index is 1.83. The standard InChI is InChI=1S/C25H26BrNO4/c1-2-31-20-14-10-16(11-15-20)22-21(23(28)17-8-12-18(26)13-9-17)24(29)25(30)27(22)19-6-4-3-5-7-19/h8-15,19,22,28H,2-7H2,1H3/b23-21-. The fourth-order valence-electron chi connectivity index (χ4n) is 4.59. The first-order valence-electron chi connectivity index (χ1n) is 10.8. The highest BCUT2D eigenvalue weighted by Gasteiger charge is 2.48. The number of carbonyl (C=O) groups excluding carboxylic acids is 2. The summed E-state index contributed by atoms with van der Waals surface area (Å²) in [6.07, 6.45) is 4.97. The molecule has 2 fully saturated rings. The summed E-state index contributed by atoms with van der Waals surface area (Å²) >= 11 is 3.39. The smallest absolute Gasteiger partial charge is 0.295 e. The van der Waals surface area contributed by atoms with Gasteiger partial charge in [0.15, 0.2) is 0 Å². The van der Waals surface area contributed by atoms with Gasteiger partial charge in [-0.2, -0.15) is 0 Å². The van der Waals surface area contributed by atoms with E-state index in [1.807, 2.05) is 31.2 Å². The van der Waals surface area contributed by atoms with Gasteiger partial charge in [-0.05, 0) is 49.6 Å². The zero-order valence-electron chi connectivity index (χ0n) is 17.5. The number of amides is 1. The van der Waals surface area contributed by atoms with Crippen LogP contribution < -0.4 is 4.74 Å².